The fourth-order valence-corrected chi connectivity index (χ4v) is 2.05. The molecular formula is C18H17F4NO3. The Bertz CT molecular complexity index is 749. The van der Waals surface area contributed by atoms with Gasteiger partial charge in [-0.3, -0.25) is 4.79 Å². The van der Waals surface area contributed by atoms with Crippen LogP contribution in [0.3, 0.4) is 0 Å². The second kappa shape index (κ2) is 8.55. The molecule has 2 aromatic rings. The number of nitrogens with one attached hydrogen (secondary N) is 1. The van der Waals surface area contributed by atoms with E-state index in [1.165, 1.54) is 37.3 Å². The molecule has 2 aromatic carbocycles. The van der Waals surface area contributed by atoms with Crippen molar-refractivity contribution >= 4 is 5.91 Å². The van der Waals surface area contributed by atoms with Crippen LogP contribution in [0.1, 0.15) is 12.5 Å². The first kappa shape index (κ1) is 19.6. The first-order chi connectivity index (χ1) is 12.3. The highest BCUT2D eigenvalue weighted by molar-refractivity contribution is 5.80. The van der Waals surface area contributed by atoms with Gasteiger partial charge in [0.05, 0.1) is 12.1 Å². The number of halogens is 4. The molecule has 0 aliphatic rings. The fraction of sp³-hybridized carbons (Fsp3) is 0.278. The van der Waals surface area contributed by atoms with E-state index < -0.39 is 29.6 Å². The maximum atomic E-state index is 13.1. The molecule has 0 aromatic heterocycles. The number of hydrogen-bond acceptors (Lipinski definition) is 3. The standard InChI is InChI=1S/C18H17F4NO3/c1-12(26-16-7-3-5-14(19)11-16)17(24)23-8-9-25-15-6-2-4-13(10-15)18(20,21)22/h2-7,10-12H,8-9H2,1H3,(H,23,24)/t12-/m0/s1. The molecule has 1 N–H and O–H groups in total. The van der Waals surface area contributed by atoms with Crippen molar-refractivity contribution in [3.63, 3.8) is 0 Å². The minimum Gasteiger partial charge on any atom is -0.492 e. The SMILES string of the molecule is C[C@H](Oc1cccc(F)c1)C(=O)NCCOc1cccc(C(F)(F)F)c1. The lowest BCUT2D eigenvalue weighted by atomic mass is 10.2. The number of alkyl halides is 3. The summed E-state index contributed by atoms with van der Waals surface area (Å²) in [6.07, 6.45) is -5.32. The van der Waals surface area contributed by atoms with Crippen molar-refractivity contribution in [2.75, 3.05) is 13.2 Å². The highest BCUT2D eigenvalue weighted by Gasteiger charge is 2.30. The van der Waals surface area contributed by atoms with E-state index in [0.717, 1.165) is 18.2 Å². The summed E-state index contributed by atoms with van der Waals surface area (Å²) in [5.41, 5.74) is -0.809. The number of amides is 1. The Labute approximate surface area is 147 Å². The molecule has 0 saturated carbocycles. The molecule has 0 fully saturated rings. The number of benzene rings is 2. The molecule has 26 heavy (non-hydrogen) atoms. The molecule has 0 unspecified atom stereocenters. The first-order valence-corrected chi connectivity index (χ1v) is 7.75. The van der Waals surface area contributed by atoms with Crippen LogP contribution < -0.4 is 14.8 Å². The van der Waals surface area contributed by atoms with Crippen molar-refractivity contribution in [2.24, 2.45) is 0 Å². The third-order valence-electron chi connectivity index (χ3n) is 3.31. The molecule has 0 radical (unpaired) electrons. The Hall–Kier alpha value is -2.77. The van der Waals surface area contributed by atoms with Gasteiger partial charge in [0.15, 0.2) is 6.10 Å². The zero-order valence-corrected chi connectivity index (χ0v) is 13.8. The second-order valence-corrected chi connectivity index (χ2v) is 5.38. The highest BCUT2D eigenvalue weighted by atomic mass is 19.4. The molecule has 0 bridgehead atoms. The highest BCUT2D eigenvalue weighted by Crippen LogP contribution is 2.31. The topological polar surface area (TPSA) is 47.6 Å². The van der Waals surface area contributed by atoms with E-state index in [0.29, 0.717) is 0 Å². The average molecular weight is 371 g/mol. The van der Waals surface area contributed by atoms with Crippen molar-refractivity contribution in [3.8, 4) is 11.5 Å². The van der Waals surface area contributed by atoms with Gasteiger partial charge in [-0.25, -0.2) is 4.39 Å². The smallest absolute Gasteiger partial charge is 0.416 e. The minimum absolute atomic E-state index is 0.0142. The van der Waals surface area contributed by atoms with E-state index in [1.54, 1.807) is 0 Å². The summed E-state index contributed by atoms with van der Waals surface area (Å²) in [5, 5.41) is 2.53. The summed E-state index contributed by atoms with van der Waals surface area (Å²) in [5.74, 6) is -0.669. The maximum absolute atomic E-state index is 13.1. The van der Waals surface area contributed by atoms with Gasteiger partial charge in [0.1, 0.15) is 23.9 Å². The van der Waals surface area contributed by atoms with Crippen LogP contribution in [0.15, 0.2) is 48.5 Å². The summed E-state index contributed by atoms with van der Waals surface area (Å²) in [6, 6.07) is 9.85. The summed E-state index contributed by atoms with van der Waals surface area (Å²) in [4.78, 5) is 11.9. The Morgan fingerprint density at radius 2 is 1.81 bits per heavy atom. The molecule has 0 aliphatic carbocycles. The van der Waals surface area contributed by atoms with Gasteiger partial charge >= 0.3 is 6.18 Å². The second-order valence-electron chi connectivity index (χ2n) is 5.38. The Morgan fingerprint density at radius 1 is 1.12 bits per heavy atom. The summed E-state index contributed by atoms with van der Waals surface area (Å²) < 4.78 is 61.4. The van der Waals surface area contributed by atoms with Crippen LogP contribution in [0, 0.1) is 5.82 Å². The van der Waals surface area contributed by atoms with Crippen molar-refractivity contribution in [1.82, 2.24) is 5.32 Å². The van der Waals surface area contributed by atoms with Crippen molar-refractivity contribution in [3.05, 3.63) is 59.9 Å². The minimum atomic E-state index is -4.45. The predicted molar refractivity (Wildman–Crippen MR) is 86.4 cm³/mol. The van der Waals surface area contributed by atoms with Crippen LogP contribution >= 0.6 is 0 Å². The third-order valence-corrected chi connectivity index (χ3v) is 3.31. The maximum Gasteiger partial charge on any atom is 0.416 e. The largest absolute Gasteiger partial charge is 0.492 e. The monoisotopic (exact) mass is 371 g/mol. The number of ether oxygens (including phenoxy) is 2. The summed E-state index contributed by atoms with van der Waals surface area (Å²) in [6.45, 7) is 1.56. The summed E-state index contributed by atoms with van der Waals surface area (Å²) >= 11 is 0. The van der Waals surface area contributed by atoms with E-state index in [2.05, 4.69) is 5.32 Å². The number of carbonyl (C=O) groups is 1. The average Bonchev–Trinajstić information content (AvgIpc) is 2.58. The van der Waals surface area contributed by atoms with E-state index in [1.807, 2.05) is 0 Å². The molecule has 0 aliphatic heterocycles. The van der Waals surface area contributed by atoms with Gasteiger partial charge in [-0.15, -0.1) is 0 Å². The molecule has 0 spiro atoms. The molecule has 0 heterocycles. The van der Waals surface area contributed by atoms with Crippen LogP contribution in [0.4, 0.5) is 17.6 Å². The van der Waals surface area contributed by atoms with Crippen LogP contribution in [0.2, 0.25) is 0 Å². The molecule has 2 rings (SSSR count). The number of rotatable bonds is 7. The van der Waals surface area contributed by atoms with Crippen molar-refractivity contribution in [1.29, 1.82) is 0 Å². The Balaban J connectivity index is 1.76. The quantitative estimate of drug-likeness (QED) is 0.595. The van der Waals surface area contributed by atoms with Crippen LogP contribution in [-0.4, -0.2) is 25.2 Å². The normalized spacial score (nSPS) is 12.3. The number of hydrogen-bond donors (Lipinski definition) is 1. The van der Waals surface area contributed by atoms with Crippen LogP contribution in [0.25, 0.3) is 0 Å². The fourth-order valence-electron chi connectivity index (χ4n) is 2.05. The van der Waals surface area contributed by atoms with Crippen molar-refractivity contribution < 1.29 is 31.8 Å². The molecular weight excluding hydrogens is 354 g/mol. The van der Waals surface area contributed by atoms with Gasteiger partial charge in [0.2, 0.25) is 0 Å². The molecule has 4 nitrogen and oxygen atoms in total. The van der Waals surface area contributed by atoms with Gasteiger partial charge < -0.3 is 14.8 Å². The Morgan fingerprint density at radius 3 is 2.50 bits per heavy atom. The van der Waals surface area contributed by atoms with Crippen LogP contribution in [-0.2, 0) is 11.0 Å². The molecule has 140 valence electrons. The molecule has 1 amide bonds. The first-order valence-electron chi connectivity index (χ1n) is 7.75. The van der Waals surface area contributed by atoms with Gasteiger partial charge in [0, 0.05) is 6.07 Å². The van der Waals surface area contributed by atoms with E-state index >= 15 is 0 Å². The van der Waals surface area contributed by atoms with Gasteiger partial charge in [-0.2, -0.15) is 13.2 Å². The van der Waals surface area contributed by atoms with E-state index in [4.69, 9.17) is 9.47 Å². The van der Waals surface area contributed by atoms with Gasteiger partial charge in [-0.05, 0) is 37.3 Å². The molecule has 0 saturated heterocycles. The lowest BCUT2D eigenvalue weighted by Crippen LogP contribution is -2.38. The zero-order valence-electron chi connectivity index (χ0n) is 13.8. The van der Waals surface area contributed by atoms with Gasteiger partial charge in [-0.1, -0.05) is 12.1 Å². The van der Waals surface area contributed by atoms with Gasteiger partial charge in [0.25, 0.3) is 5.91 Å². The summed E-state index contributed by atoms with van der Waals surface area (Å²) in [7, 11) is 0. The predicted octanol–water partition coefficient (Wildman–Crippen LogP) is 3.81. The van der Waals surface area contributed by atoms with E-state index in [9.17, 15) is 22.4 Å². The molecule has 8 heteroatoms. The lowest BCUT2D eigenvalue weighted by Gasteiger charge is -2.15. The zero-order chi connectivity index (χ0) is 19.2. The Kier molecular flexibility index (Phi) is 6.43. The third kappa shape index (κ3) is 5.94. The lowest BCUT2D eigenvalue weighted by molar-refractivity contribution is -0.137. The molecule has 1 atom stereocenters. The van der Waals surface area contributed by atoms with Crippen LogP contribution in [0.5, 0.6) is 11.5 Å². The number of carbonyl (C=O) groups excluding carboxylic acids is 1. The van der Waals surface area contributed by atoms with Crippen molar-refractivity contribution in [2.45, 2.75) is 19.2 Å². The van der Waals surface area contributed by atoms with E-state index in [-0.39, 0.29) is 24.7 Å².